The Labute approximate surface area is 140 Å². The van der Waals surface area contributed by atoms with Crippen molar-refractivity contribution in [3.05, 3.63) is 71.4 Å². The van der Waals surface area contributed by atoms with E-state index >= 15 is 0 Å². The number of rotatable bonds is 3. The lowest BCUT2D eigenvalue weighted by Crippen LogP contribution is -2.09. The summed E-state index contributed by atoms with van der Waals surface area (Å²) >= 11 is 0. The first-order chi connectivity index (χ1) is 11.5. The van der Waals surface area contributed by atoms with E-state index < -0.39 is 0 Å². The first kappa shape index (κ1) is 15.7. The molecule has 0 unspecified atom stereocenters. The van der Waals surface area contributed by atoms with Crippen molar-refractivity contribution in [3.8, 4) is 17.0 Å². The van der Waals surface area contributed by atoms with E-state index in [0.717, 1.165) is 11.1 Å². The molecule has 0 spiro atoms. The molecule has 3 rings (SSSR count). The number of phenols is 1. The number of carbonyl (C=O) groups excluding carboxylic acids is 1. The van der Waals surface area contributed by atoms with Crippen molar-refractivity contribution in [1.82, 2.24) is 9.78 Å². The van der Waals surface area contributed by atoms with Crippen molar-refractivity contribution in [2.45, 2.75) is 13.8 Å². The third-order valence-corrected chi connectivity index (χ3v) is 3.71. The molecule has 0 aliphatic rings. The van der Waals surface area contributed by atoms with E-state index in [0.29, 0.717) is 17.0 Å². The summed E-state index contributed by atoms with van der Waals surface area (Å²) < 4.78 is 1.34. The van der Waals surface area contributed by atoms with Crippen molar-refractivity contribution in [1.29, 1.82) is 0 Å². The molecule has 0 fully saturated rings. The van der Waals surface area contributed by atoms with Crippen LogP contribution in [0.5, 0.6) is 5.75 Å². The van der Waals surface area contributed by atoms with E-state index in [1.54, 1.807) is 12.1 Å². The zero-order valence-electron chi connectivity index (χ0n) is 13.6. The van der Waals surface area contributed by atoms with Gasteiger partial charge in [-0.15, -0.1) is 0 Å². The van der Waals surface area contributed by atoms with Gasteiger partial charge in [0.25, 0.3) is 0 Å². The average molecular weight is 318 g/mol. The monoisotopic (exact) mass is 318 g/mol. The van der Waals surface area contributed by atoms with E-state index in [4.69, 9.17) is 0 Å². The second kappa shape index (κ2) is 6.54. The first-order valence-corrected chi connectivity index (χ1v) is 7.69. The molecule has 1 N–H and O–H groups in total. The maximum absolute atomic E-state index is 11.9. The van der Waals surface area contributed by atoms with Crippen molar-refractivity contribution in [3.63, 3.8) is 0 Å². The van der Waals surface area contributed by atoms with Crippen molar-refractivity contribution in [2.24, 2.45) is 0 Å². The fraction of sp³-hybridized carbons (Fsp3) is 0.100. The number of nitrogens with zero attached hydrogens (tertiary/aromatic N) is 2. The predicted octanol–water partition coefficient (Wildman–Crippen LogP) is 4.39. The summed E-state index contributed by atoms with van der Waals surface area (Å²) in [6, 6.07) is 17.0. The van der Waals surface area contributed by atoms with Gasteiger partial charge < -0.3 is 5.11 Å². The molecule has 120 valence electrons. The van der Waals surface area contributed by atoms with E-state index in [1.807, 2.05) is 61.5 Å². The zero-order chi connectivity index (χ0) is 17.1. The molecule has 0 radical (unpaired) electrons. The molecule has 0 aliphatic heterocycles. The summed E-state index contributed by atoms with van der Waals surface area (Å²) in [6.07, 6.45) is 3.77. The van der Waals surface area contributed by atoms with Crippen LogP contribution in [-0.4, -0.2) is 20.8 Å². The maximum Gasteiger partial charge on any atom is 0.244 e. The minimum absolute atomic E-state index is 0.154. The van der Waals surface area contributed by atoms with Gasteiger partial charge in [-0.2, -0.15) is 5.10 Å². The quantitative estimate of drug-likeness (QED) is 0.779. The van der Waals surface area contributed by atoms with Crippen LogP contribution in [0.15, 0.2) is 54.6 Å². The Balaban J connectivity index is 2.02. The van der Waals surface area contributed by atoms with Crippen LogP contribution < -0.4 is 0 Å². The van der Waals surface area contributed by atoms with Crippen LogP contribution in [0.4, 0.5) is 0 Å². The lowest BCUT2D eigenvalue weighted by Gasteiger charge is -2.02. The summed E-state index contributed by atoms with van der Waals surface area (Å²) in [5.74, 6) is -0.0256. The van der Waals surface area contributed by atoms with Gasteiger partial charge in [-0.3, -0.25) is 4.79 Å². The first-order valence-electron chi connectivity index (χ1n) is 7.69. The predicted molar refractivity (Wildman–Crippen MR) is 95.7 cm³/mol. The Hall–Kier alpha value is -3.14. The molecule has 1 aromatic heterocycles. The average Bonchev–Trinajstić information content (AvgIpc) is 2.98. The fourth-order valence-corrected chi connectivity index (χ4v) is 2.50. The third kappa shape index (κ3) is 3.27. The highest BCUT2D eigenvalue weighted by atomic mass is 16.3. The largest absolute Gasteiger partial charge is 0.507 e. The molecule has 0 amide bonds. The molecule has 3 aromatic rings. The molecule has 0 atom stereocenters. The molecule has 0 saturated carbocycles. The van der Waals surface area contributed by atoms with Crippen molar-refractivity contribution in [2.75, 3.05) is 0 Å². The third-order valence-electron chi connectivity index (χ3n) is 3.71. The minimum atomic E-state index is -0.180. The van der Waals surface area contributed by atoms with Gasteiger partial charge in [0.15, 0.2) is 0 Å². The Morgan fingerprint density at radius 1 is 1.08 bits per heavy atom. The Morgan fingerprint density at radius 3 is 2.50 bits per heavy atom. The van der Waals surface area contributed by atoms with Crippen LogP contribution in [-0.2, 0) is 0 Å². The van der Waals surface area contributed by atoms with Gasteiger partial charge in [-0.05, 0) is 42.3 Å². The normalized spacial score (nSPS) is 11.1. The topological polar surface area (TPSA) is 55.1 Å². The Bertz CT molecular complexity index is 909. The van der Waals surface area contributed by atoms with Crippen LogP contribution in [0.1, 0.15) is 28.5 Å². The molecule has 0 aliphatic carbocycles. The smallest absolute Gasteiger partial charge is 0.244 e. The lowest BCUT2D eigenvalue weighted by atomic mass is 10.1. The molecule has 0 saturated heterocycles. The Kier molecular flexibility index (Phi) is 4.29. The second-order valence-corrected chi connectivity index (χ2v) is 5.65. The summed E-state index contributed by atoms with van der Waals surface area (Å²) in [5.41, 5.74) is 3.84. The van der Waals surface area contributed by atoms with Gasteiger partial charge in [-0.1, -0.05) is 42.5 Å². The van der Waals surface area contributed by atoms with E-state index in [1.165, 1.54) is 11.6 Å². The molecular weight excluding hydrogens is 300 g/mol. The van der Waals surface area contributed by atoms with Crippen molar-refractivity contribution < 1.29 is 9.90 Å². The van der Waals surface area contributed by atoms with Crippen LogP contribution in [0.2, 0.25) is 0 Å². The van der Waals surface area contributed by atoms with Crippen LogP contribution in [0.3, 0.4) is 0 Å². The van der Waals surface area contributed by atoms with Gasteiger partial charge in [0, 0.05) is 12.5 Å². The van der Waals surface area contributed by atoms with Gasteiger partial charge in [0.1, 0.15) is 5.75 Å². The number of hydrogen-bond donors (Lipinski definition) is 1. The number of aryl methyl sites for hydroxylation is 1. The molecule has 0 bridgehead atoms. The molecule has 2 aromatic carbocycles. The molecule has 4 heteroatoms. The van der Waals surface area contributed by atoms with Gasteiger partial charge in [-0.25, -0.2) is 4.68 Å². The summed E-state index contributed by atoms with van der Waals surface area (Å²) in [7, 11) is 0. The maximum atomic E-state index is 11.9. The SMILES string of the molecule is CC(=O)n1nc(-c2ccc(C)cc2O)cc1/C=C/c1ccccc1. The fourth-order valence-electron chi connectivity index (χ4n) is 2.50. The highest BCUT2D eigenvalue weighted by Crippen LogP contribution is 2.29. The molecule has 1 heterocycles. The molecule has 24 heavy (non-hydrogen) atoms. The zero-order valence-corrected chi connectivity index (χ0v) is 13.6. The highest BCUT2D eigenvalue weighted by Gasteiger charge is 2.13. The van der Waals surface area contributed by atoms with Gasteiger partial charge in [0.05, 0.1) is 11.4 Å². The van der Waals surface area contributed by atoms with Crippen LogP contribution in [0.25, 0.3) is 23.4 Å². The number of benzene rings is 2. The number of carbonyl (C=O) groups is 1. The van der Waals surface area contributed by atoms with E-state index in [9.17, 15) is 9.90 Å². The van der Waals surface area contributed by atoms with Gasteiger partial charge in [0.2, 0.25) is 5.91 Å². The summed E-state index contributed by atoms with van der Waals surface area (Å²) in [4.78, 5) is 11.9. The Morgan fingerprint density at radius 2 is 1.83 bits per heavy atom. The van der Waals surface area contributed by atoms with Crippen LogP contribution in [0, 0.1) is 6.92 Å². The second-order valence-electron chi connectivity index (χ2n) is 5.65. The number of hydrogen-bond acceptors (Lipinski definition) is 3. The lowest BCUT2D eigenvalue weighted by molar-refractivity contribution is 0.0920. The van der Waals surface area contributed by atoms with Crippen molar-refractivity contribution >= 4 is 18.1 Å². The summed E-state index contributed by atoms with van der Waals surface area (Å²) in [6.45, 7) is 3.37. The molecular formula is C20H18N2O2. The summed E-state index contributed by atoms with van der Waals surface area (Å²) in [5, 5.41) is 14.5. The molecule has 4 nitrogen and oxygen atoms in total. The number of aromatic nitrogens is 2. The van der Waals surface area contributed by atoms with Crippen LogP contribution >= 0.6 is 0 Å². The highest BCUT2D eigenvalue weighted by molar-refractivity contribution is 5.82. The number of aromatic hydroxyl groups is 1. The van der Waals surface area contributed by atoms with E-state index in [-0.39, 0.29) is 11.7 Å². The number of phenolic OH excluding ortho intramolecular Hbond substituents is 1. The van der Waals surface area contributed by atoms with E-state index in [2.05, 4.69) is 5.10 Å². The minimum Gasteiger partial charge on any atom is -0.507 e. The van der Waals surface area contributed by atoms with Gasteiger partial charge >= 0.3 is 0 Å². The standard InChI is InChI=1S/C20H18N2O2/c1-14-8-11-18(20(24)12-14)19-13-17(22(21-19)15(2)23)10-9-16-6-4-3-5-7-16/h3-13,24H,1-2H3/b10-9+.